The van der Waals surface area contributed by atoms with Crippen LogP contribution >= 0.6 is 0 Å². The van der Waals surface area contributed by atoms with E-state index in [1.807, 2.05) is 0 Å². The molecule has 0 amide bonds. The van der Waals surface area contributed by atoms with Gasteiger partial charge in [0.2, 0.25) is 5.88 Å². The number of nitrogens with zero attached hydrogens (tertiary/aromatic N) is 1. The summed E-state index contributed by atoms with van der Waals surface area (Å²) in [4.78, 5) is 14.4. The summed E-state index contributed by atoms with van der Waals surface area (Å²) in [6, 6.07) is 2.52. The van der Waals surface area contributed by atoms with Crippen molar-refractivity contribution in [1.29, 1.82) is 0 Å². The molecule has 0 atom stereocenters. The zero-order chi connectivity index (χ0) is 9.14. The van der Waals surface area contributed by atoms with E-state index in [0.29, 0.717) is 0 Å². The van der Waals surface area contributed by atoms with Crippen LogP contribution in [0.1, 0.15) is 17.4 Å². The molecule has 0 aliphatic heterocycles. The zero-order valence-corrected chi connectivity index (χ0v) is 6.80. The predicted octanol–water partition coefficient (Wildman–Crippen LogP) is 1.43. The molecule has 0 aliphatic rings. The molecule has 0 aromatic carbocycles. The maximum Gasteiger partial charge on any atom is 0.213 e. The first-order chi connectivity index (χ1) is 5.65. The lowest BCUT2D eigenvalue weighted by molar-refractivity contribution is 0.100. The third kappa shape index (κ3) is 1.58. The van der Waals surface area contributed by atoms with Gasteiger partial charge in [0, 0.05) is 13.0 Å². The van der Waals surface area contributed by atoms with Crippen molar-refractivity contribution in [1.82, 2.24) is 4.98 Å². The van der Waals surface area contributed by atoms with Gasteiger partial charge in [0.1, 0.15) is 5.69 Å². The third-order valence-electron chi connectivity index (χ3n) is 1.36. The van der Waals surface area contributed by atoms with Crippen molar-refractivity contribution < 1.29 is 13.9 Å². The number of Topliss-reactive ketones (excluding diaryl/α,β-unsaturated/α-hetero) is 1. The number of rotatable bonds is 2. The molecule has 0 radical (unpaired) electrons. The Morgan fingerprint density at radius 1 is 1.58 bits per heavy atom. The van der Waals surface area contributed by atoms with Gasteiger partial charge in [0.05, 0.1) is 7.11 Å². The molecule has 4 heteroatoms. The van der Waals surface area contributed by atoms with E-state index in [4.69, 9.17) is 4.74 Å². The number of aromatic nitrogens is 1. The monoisotopic (exact) mass is 169 g/mol. The van der Waals surface area contributed by atoms with Gasteiger partial charge in [-0.15, -0.1) is 0 Å². The third-order valence-corrected chi connectivity index (χ3v) is 1.36. The van der Waals surface area contributed by atoms with Gasteiger partial charge in [-0.25, -0.2) is 9.37 Å². The van der Waals surface area contributed by atoms with E-state index in [0.717, 1.165) is 6.07 Å². The second-order valence-corrected chi connectivity index (χ2v) is 2.24. The van der Waals surface area contributed by atoms with Crippen molar-refractivity contribution in [3.8, 4) is 5.88 Å². The molecule has 64 valence electrons. The van der Waals surface area contributed by atoms with Crippen LogP contribution in [0, 0.1) is 5.82 Å². The van der Waals surface area contributed by atoms with Crippen LogP contribution in [0.25, 0.3) is 0 Å². The van der Waals surface area contributed by atoms with Crippen LogP contribution in [0.3, 0.4) is 0 Å². The van der Waals surface area contributed by atoms with Crippen LogP contribution in [0.2, 0.25) is 0 Å². The standard InChI is InChI=1S/C8H8FNO2/c1-5(11)8-6(9)3-4-7(10-8)12-2/h3-4H,1-2H3. The maximum atomic E-state index is 12.8. The van der Waals surface area contributed by atoms with Gasteiger partial charge in [0.25, 0.3) is 0 Å². The molecule has 1 heterocycles. The average molecular weight is 169 g/mol. The summed E-state index contributed by atoms with van der Waals surface area (Å²) in [5.74, 6) is -0.795. The Balaban J connectivity index is 3.17. The minimum absolute atomic E-state index is 0.186. The van der Waals surface area contributed by atoms with Gasteiger partial charge in [-0.05, 0) is 6.07 Å². The van der Waals surface area contributed by atoms with Crippen molar-refractivity contribution >= 4 is 5.78 Å². The molecular formula is C8H8FNO2. The van der Waals surface area contributed by atoms with Crippen molar-refractivity contribution in [3.05, 3.63) is 23.6 Å². The molecule has 12 heavy (non-hydrogen) atoms. The lowest BCUT2D eigenvalue weighted by atomic mass is 10.2. The molecule has 1 rings (SSSR count). The maximum absolute atomic E-state index is 12.8. The predicted molar refractivity (Wildman–Crippen MR) is 40.8 cm³/mol. The number of carbonyl (C=O) groups excluding carboxylic acids is 1. The summed E-state index contributed by atoms with van der Waals surface area (Å²) in [5.41, 5.74) is -0.186. The molecule has 0 spiro atoms. The molecule has 0 aliphatic carbocycles. The molecule has 1 aromatic heterocycles. The largest absolute Gasteiger partial charge is 0.481 e. The fraction of sp³-hybridized carbons (Fsp3) is 0.250. The lowest BCUT2D eigenvalue weighted by Gasteiger charge is -2.00. The Bertz CT molecular complexity index is 312. The Labute approximate surface area is 69.2 Å². The van der Waals surface area contributed by atoms with Gasteiger partial charge in [-0.3, -0.25) is 4.79 Å². The Morgan fingerprint density at radius 3 is 2.75 bits per heavy atom. The quantitative estimate of drug-likeness (QED) is 0.628. The number of ether oxygens (including phenoxy) is 1. The van der Waals surface area contributed by atoms with E-state index in [1.54, 1.807) is 0 Å². The van der Waals surface area contributed by atoms with Gasteiger partial charge in [0.15, 0.2) is 11.6 Å². The highest BCUT2D eigenvalue weighted by atomic mass is 19.1. The van der Waals surface area contributed by atoms with E-state index in [9.17, 15) is 9.18 Å². The highest BCUT2D eigenvalue weighted by Crippen LogP contribution is 2.11. The summed E-state index contributed by atoms with van der Waals surface area (Å²) < 4.78 is 17.5. The van der Waals surface area contributed by atoms with E-state index < -0.39 is 11.6 Å². The van der Waals surface area contributed by atoms with Crippen LogP contribution in [0.5, 0.6) is 5.88 Å². The van der Waals surface area contributed by atoms with Crippen LogP contribution in [0.4, 0.5) is 4.39 Å². The number of halogens is 1. The molecular weight excluding hydrogens is 161 g/mol. The summed E-state index contributed by atoms with van der Waals surface area (Å²) in [6.07, 6.45) is 0. The Morgan fingerprint density at radius 2 is 2.25 bits per heavy atom. The summed E-state index contributed by atoms with van der Waals surface area (Å²) >= 11 is 0. The number of hydrogen-bond acceptors (Lipinski definition) is 3. The summed E-state index contributed by atoms with van der Waals surface area (Å²) in [7, 11) is 1.41. The molecule has 0 saturated heterocycles. The highest BCUT2D eigenvalue weighted by Gasteiger charge is 2.09. The average Bonchev–Trinajstić information content (AvgIpc) is 2.05. The molecule has 1 aromatic rings. The van der Waals surface area contributed by atoms with Gasteiger partial charge < -0.3 is 4.74 Å². The highest BCUT2D eigenvalue weighted by molar-refractivity contribution is 5.92. The first-order valence-electron chi connectivity index (χ1n) is 3.36. The molecule has 0 fully saturated rings. The number of ketones is 1. The minimum Gasteiger partial charge on any atom is -0.481 e. The van der Waals surface area contributed by atoms with Crippen LogP contribution in [0.15, 0.2) is 12.1 Å². The summed E-state index contributed by atoms with van der Waals surface area (Å²) in [6.45, 7) is 1.25. The number of carbonyl (C=O) groups is 1. The van der Waals surface area contributed by atoms with Crippen molar-refractivity contribution in [3.63, 3.8) is 0 Å². The normalized spacial score (nSPS) is 9.58. The van der Waals surface area contributed by atoms with E-state index >= 15 is 0 Å². The lowest BCUT2D eigenvalue weighted by Crippen LogP contribution is -2.02. The Hall–Kier alpha value is -1.45. The molecule has 0 saturated carbocycles. The topological polar surface area (TPSA) is 39.2 Å². The van der Waals surface area contributed by atoms with E-state index in [1.165, 1.54) is 20.1 Å². The van der Waals surface area contributed by atoms with Crippen LogP contribution in [-0.2, 0) is 0 Å². The molecule has 0 N–H and O–H groups in total. The van der Waals surface area contributed by atoms with Crippen molar-refractivity contribution in [2.24, 2.45) is 0 Å². The van der Waals surface area contributed by atoms with E-state index in [2.05, 4.69) is 4.98 Å². The first-order valence-corrected chi connectivity index (χ1v) is 3.36. The van der Waals surface area contributed by atoms with Gasteiger partial charge in [-0.1, -0.05) is 0 Å². The van der Waals surface area contributed by atoms with Crippen molar-refractivity contribution in [2.45, 2.75) is 6.92 Å². The molecule has 3 nitrogen and oxygen atoms in total. The second kappa shape index (κ2) is 3.30. The smallest absolute Gasteiger partial charge is 0.213 e. The number of hydrogen-bond donors (Lipinski definition) is 0. The van der Waals surface area contributed by atoms with Crippen molar-refractivity contribution in [2.75, 3.05) is 7.11 Å². The molecule has 0 bridgehead atoms. The molecule has 0 unspecified atom stereocenters. The second-order valence-electron chi connectivity index (χ2n) is 2.24. The van der Waals surface area contributed by atoms with Gasteiger partial charge >= 0.3 is 0 Å². The number of pyridine rings is 1. The zero-order valence-electron chi connectivity index (χ0n) is 6.80. The van der Waals surface area contributed by atoms with Gasteiger partial charge in [-0.2, -0.15) is 0 Å². The SMILES string of the molecule is COc1ccc(F)c(C(C)=O)n1. The minimum atomic E-state index is -0.622. The number of methoxy groups -OCH3 is 1. The summed E-state index contributed by atoms with van der Waals surface area (Å²) in [5, 5.41) is 0. The fourth-order valence-electron chi connectivity index (χ4n) is 0.785. The van der Waals surface area contributed by atoms with E-state index in [-0.39, 0.29) is 11.6 Å². The van der Waals surface area contributed by atoms with Crippen LogP contribution < -0.4 is 4.74 Å². The fourth-order valence-corrected chi connectivity index (χ4v) is 0.785. The first kappa shape index (κ1) is 8.64. The van der Waals surface area contributed by atoms with Crippen LogP contribution in [-0.4, -0.2) is 17.9 Å². The Kier molecular flexibility index (Phi) is 2.38.